The third-order valence-electron chi connectivity index (χ3n) is 5.35. The number of ether oxygens (including phenoxy) is 1. The normalized spacial score (nSPS) is 36.6. The predicted molar refractivity (Wildman–Crippen MR) is 70.3 cm³/mol. The highest BCUT2D eigenvalue weighted by molar-refractivity contribution is 5.81. The second kappa shape index (κ2) is 4.22. The van der Waals surface area contributed by atoms with Gasteiger partial charge in [-0.25, -0.2) is 0 Å². The maximum Gasteiger partial charge on any atom is 0.249 e. The van der Waals surface area contributed by atoms with Crippen molar-refractivity contribution in [1.29, 1.82) is 0 Å². The van der Waals surface area contributed by atoms with Gasteiger partial charge in [0.05, 0.1) is 5.60 Å². The number of nitrogens with one attached hydrogen (secondary N) is 1. The Bertz CT molecular complexity index is 344. The lowest BCUT2D eigenvalue weighted by molar-refractivity contribution is -0.138. The van der Waals surface area contributed by atoms with Crippen molar-refractivity contribution in [2.24, 2.45) is 5.41 Å². The van der Waals surface area contributed by atoms with Gasteiger partial charge in [0.2, 0.25) is 5.91 Å². The van der Waals surface area contributed by atoms with Gasteiger partial charge in [-0.05, 0) is 57.8 Å². The minimum Gasteiger partial charge on any atom is -0.363 e. The second-order valence-electron chi connectivity index (χ2n) is 7.07. The molecule has 0 aromatic rings. The Morgan fingerprint density at radius 3 is 2.33 bits per heavy atom. The topological polar surface area (TPSA) is 38.3 Å². The minimum atomic E-state index is -0.209. The maximum atomic E-state index is 12.2. The van der Waals surface area contributed by atoms with Gasteiger partial charge >= 0.3 is 0 Å². The molecular formula is C15H25NO2. The molecule has 0 aromatic carbocycles. The van der Waals surface area contributed by atoms with Crippen molar-refractivity contribution in [3.8, 4) is 0 Å². The summed E-state index contributed by atoms with van der Waals surface area (Å²) in [6, 6.07) is 0.430. The molecule has 2 aliphatic carbocycles. The molecular weight excluding hydrogens is 226 g/mol. The summed E-state index contributed by atoms with van der Waals surface area (Å²) >= 11 is 0. The highest BCUT2D eigenvalue weighted by atomic mass is 16.5. The molecule has 3 heteroatoms. The van der Waals surface area contributed by atoms with Crippen molar-refractivity contribution in [2.45, 2.75) is 83.0 Å². The van der Waals surface area contributed by atoms with Gasteiger partial charge in [-0.3, -0.25) is 4.79 Å². The molecule has 3 rings (SSSR count). The number of amides is 1. The van der Waals surface area contributed by atoms with Crippen molar-refractivity contribution in [3.05, 3.63) is 0 Å². The molecule has 0 aromatic heterocycles. The summed E-state index contributed by atoms with van der Waals surface area (Å²) in [6.07, 6.45) is 9.46. The van der Waals surface area contributed by atoms with Crippen LogP contribution in [0, 0.1) is 5.41 Å². The van der Waals surface area contributed by atoms with E-state index in [1.54, 1.807) is 0 Å². The zero-order chi connectivity index (χ0) is 12.8. The summed E-state index contributed by atoms with van der Waals surface area (Å²) in [6.45, 7) is 4.14. The van der Waals surface area contributed by atoms with Gasteiger partial charge in [0, 0.05) is 6.04 Å². The van der Waals surface area contributed by atoms with Crippen molar-refractivity contribution < 1.29 is 9.53 Å². The molecule has 3 nitrogen and oxygen atoms in total. The third kappa shape index (κ3) is 2.07. The number of carbonyl (C=O) groups is 1. The van der Waals surface area contributed by atoms with E-state index in [-0.39, 0.29) is 17.6 Å². The van der Waals surface area contributed by atoms with Crippen molar-refractivity contribution in [3.63, 3.8) is 0 Å². The van der Waals surface area contributed by atoms with Crippen LogP contribution < -0.4 is 5.32 Å². The van der Waals surface area contributed by atoms with Gasteiger partial charge in [-0.1, -0.05) is 12.8 Å². The standard InChI is InChI=1S/C15H25NO2/c1-14(2)9-5-11(18-14)13(17)16-12-6-10-15(12)7-3-4-8-15/h11-12H,3-10H2,1-2H3,(H,16,17). The van der Waals surface area contributed by atoms with Crippen LogP contribution in [0.1, 0.15) is 65.2 Å². The smallest absolute Gasteiger partial charge is 0.249 e. The molecule has 102 valence electrons. The van der Waals surface area contributed by atoms with Crippen molar-refractivity contribution in [1.82, 2.24) is 5.32 Å². The molecule has 1 amide bonds. The zero-order valence-electron chi connectivity index (χ0n) is 11.6. The molecule has 2 atom stereocenters. The van der Waals surface area contributed by atoms with Gasteiger partial charge in [-0.15, -0.1) is 0 Å². The number of carbonyl (C=O) groups excluding carboxylic acids is 1. The molecule has 1 N–H and O–H groups in total. The molecule has 1 aliphatic heterocycles. The molecule has 0 radical (unpaired) electrons. The highest BCUT2D eigenvalue weighted by Crippen LogP contribution is 2.53. The minimum absolute atomic E-state index is 0.118. The first-order chi connectivity index (χ1) is 8.51. The molecule has 3 aliphatic rings. The molecule has 18 heavy (non-hydrogen) atoms. The van der Waals surface area contributed by atoms with Gasteiger partial charge in [0.25, 0.3) is 0 Å². The Kier molecular flexibility index (Phi) is 2.92. The molecule has 1 heterocycles. The fraction of sp³-hybridized carbons (Fsp3) is 0.933. The van der Waals surface area contributed by atoms with E-state index in [0.29, 0.717) is 11.5 Å². The van der Waals surface area contributed by atoms with Crippen LogP contribution >= 0.6 is 0 Å². The van der Waals surface area contributed by atoms with Crippen molar-refractivity contribution >= 4 is 5.91 Å². The Morgan fingerprint density at radius 1 is 1.11 bits per heavy atom. The van der Waals surface area contributed by atoms with Crippen molar-refractivity contribution in [2.75, 3.05) is 0 Å². The van der Waals surface area contributed by atoms with Crippen LogP contribution in [-0.2, 0) is 9.53 Å². The maximum absolute atomic E-state index is 12.2. The largest absolute Gasteiger partial charge is 0.363 e. The van der Waals surface area contributed by atoms with Crippen LogP contribution in [0.25, 0.3) is 0 Å². The van der Waals surface area contributed by atoms with E-state index in [0.717, 1.165) is 12.8 Å². The Morgan fingerprint density at radius 2 is 1.83 bits per heavy atom. The molecule has 2 saturated carbocycles. The number of hydrogen-bond donors (Lipinski definition) is 1. The molecule has 1 spiro atoms. The highest BCUT2D eigenvalue weighted by Gasteiger charge is 2.49. The fourth-order valence-electron chi connectivity index (χ4n) is 4.03. The lowest BCUT2D eigenvalue weighted by atomic mass is 9.63. The number of rotatable bonds is 2. The summed E-state index contributed by atoms with van der Waals surface area (Å²) in [7, 11) is 0. The lowest BCUT2D eigenvalue weighted by Crippen LogP contribution is -2.55. The third-order valence-corrected chi connectivity index (χ3v) is 5.35. The summed E-state index contributed by atoms with van der Waals surface area (Å²) in [5, 5.41) is 3.26. The van der Waals surface area contributed by atoms with Gasteiger partial charge in [-0.2, -0.15) is 0 Å². The van der Waals surface area contributed by atoms with E-state index in [4.69, 9.17) is 4.74 Å². The molecule has 2 unspecified atom stereocenters. The van der Waals surface area contributed by atoms with E-state index in [1.165, 1.54) is 38.5 Å². The van der Waals surface area contributed by atoms with Crippen LogP contribution in [0.4, 0.5) is 0 Å². The summed E-state index contributed by atoms with van der Waals surface area (Å²) in [5.41, 5.74) is 0.344. The van der Waals surface area contributed by atoms with Gasteiger partial charge in [0.1, 0.15) is 6.10 Å². The van der Waals surface area contributed by atoms with Crippen LogP contribution in [-0.4, -0.2) is 23.7 Å². The van der Waals surface area contributed by atoms with E-state index in [9.17, 15) is 4.79 Å². The van der Waals surface area contributed by atoms with Crippen LogP contribution in [0.5, 0.6) is 0 Å². The first-order valence-corrected chi connectivity index (χ1v) is 7.49. The van der Waals surface area contributed by atoms with Crippen LogP contribution in [0.15, 0.2) is 0 Å². The monoisotopic (exact) mass is 251 g/mol. The molecule has 0 bridgehead atoms. The zero-order valence-corrected chi connectivity index (χ0v) is 11.6. The predicted octanol–water partition coefficient (Wildman–Crippen LogP) is 2.78. The van der Waals surface area contributed by atoms with E-state index in [1.807, 2.05) is 0 Å². The summed E-state index contributed by atoms with van der Waals surface area (Å²) < 4.78 is 5.82. The molecule has 3 fully saturated rings. The Balaban J connectivity index is 1.56. The van der Waals surface area contributed by atoms with E-state index in [2.05, 4.69) is 19.2 Å². The van der Waals surface area contributed by atoms with E-state index < -0.39 is 0 Å². The summed E-state index contributed by atoms with van der Waals surface area (Å²) in [4.78, 5) is 12.2. The second-order valence-corrected chi connectivity index (χ2v) is 7.07. The Hall–Kier alpha value is -0.570. The van der Waals surface area contributed by atoms with E-state index >= 15 is 0 Å². The van der Waals surface area contributed by atoms with Gasteiger partial charge < -0.3 is 10.1 Å². The van der Waals surface area contributed by atoms with Crippen LogP contribution in [0.3, 0.4) is 0 Å². The average Bonchev–Trinajstić information content (AvgIpc) is 2.92. The Labute approximate surface area is 110 Å². The van der Waals surface area contributed by atoms with Crippen LogP contribution in [0.2, 0.25) is 0 Å². The fourth-order valence-corrected chi connectivity index (χ4v) is 4.03. The SMILES string of the molecule is CC1(C)CCC(C(=O)NC2CCC23CCCC3)O1. The quantitative estimate of drug-likeness (QED) is 0.819. The van der Waals surface area contributed by atoms with Gasteiger partial charge in [0.15, 0.2) is 0 Å². The number of hydrogen-bond acceptors (Lipinski definition) is 2. The summed E-state index contributed by atoms with van der Waals surface area (Å²) in [5.74, 6) is 0.136. The molecule has 1 saturated heterocycles. The first-order valence-electron chi connectivity index (χ1n) is 7.49. The average molecular weight is 251 g/mol. The lowest BCUT2D eigenvalue weighted by Gasteiger charge is -2.48. The first kappa shape index (κ1) is 12.5.